The first-order chi connectivity index (χ1) is 15.8. The highest BCUT2D eigenvalue weighted by Gasteiger charge is 2.38. The molecule has 1 aliphatic rings. The molecule has 0 aromatic heterocycles. The average Bonchev–Trinajstić information content (AvgIpc) is 3.11. The minimum absolute atomic E-state index is 0.0875. The Balaban J connectivity index is 1.83. The standard InChI is InChI=1S/C22H18F6N4OS/c1-32(2)20-31-19(33)18(34-20)8-12-3-6-17(14(7-12)10-29)30-11-13-4-5-15(21(23,24)25)9-16(13)22(26,27)28/h3-10,29-30H,11H2,1-2H3/b18-8-,29-10?. The van der Waals surface area contributed by atoms with Gasteiger partial charge in [-0.15, -0.1) is 0 Å². The van der Waals surface area contributed by atoms with Crippen LogP contribution in [-0.4, -0.2) is 36.3 Å². The van der Waals surface area contributed by atoms with Crippen LogP contribution in [0.3, 0.4) is 0 Å². The van der Waals surface area contributed by atoms with E-state index in [0.717, 1.165) is 12.3 Å². The predicted octanol–water partition coefficient (Wildman–Crippen LogP) is 5.87. The minimum atomic E-state index is -4.97. The molecule has 1 amide bonds. The minimum Gasteiger partial charge on any atom is -0.380 e. The Labute approximate surface area is 195 Å². The first kappa shape index (κ1) is 25.3. The molecule has 0 fully saturated rings. The summed E-state index contributed by atoms with van der Waals surface area (Å²) in [6.07, 6.45) is -7.31. The molecule has 2 N–H and O–H groups in total. The van der Waals surface area contributed by atoms with Crippen LogP contribution in [0, 0.1) is 5.41 Å². The fourth-order valence-electron chi connectivity index (χ4n) is 3.05. The Morgan fingerprint density at radius 1 is 1.06 bits per heavy atom. The maximum absolute atomic E-state index is 13.4. The van der Waals surface area contributed by atoms with Crippen LogP contribution in [0.2, 0.25) is 0 Å². The number of carbonyl (C=O) groups is 1. The molecule has 0 bridgehead atoms. The molecular formula is C22H18F6N4OS. The Kier molecular flexibility index (Phi) is 7.10. The monoisotopic (exact) mass is 500 g/mol. The van der Waals surface area contributed by atoms with E-state index in [4.69, 9.17) is 5.41 Å². The van der Waals surface area contributed by atoms with Gasteiger partial charge in [-0.05, 0) is 53.2 Å². The van der Waals surface area contributed by atoms with Crippen molar-refractivity contribution in [2.45, 2.75) is 18.9 Å². The number of amidine groups is 1. The third-order valence-corrected chi connectivity index (χ3v) is 5.88. The molecule has 12 heteroatoms. The molecule has 180 valence electrons. The summed E-state index contributed by atoms with van der Waals surface area (Å²) in [6, 6.07) is 6.14. The maximum atomic E-state index is 13.4. The molecule has 34 heavy (non-hydrogen) atoms. The van der Waals surface area contributed by atoms with Crippen molar-refractivity contribution in [3.8, 4) is 0 Å². The number of halogens is 6. The van der Waals surface area contributed by atoms with Gasteiger partial charge < -0.3 is 15.6 Å². The summed E-state index contributed by atoms with van der Waals surface area (Å²) in [5.74, 6) is -0.408. The van der Waals surface area contributed by atoms with E-state index in [2.05, 4.69) is 10.3 Å². The maximum Gasteiger partial charge on any atom is 0.416 e. The largest absolute Gasteiger partial charge is 0.416 e. The lowest BCUT2D eigenvalue weighted by Crippen LogP contribution is -2.16. The van der Waals surface area contributed by atoms with Crippen LogP contribution in [-0.2, 0) is 23.7 Å². The fraction of sp³-hybridized carbons (Fsp3) is 0.227. The molecule has 0 spiro atoms. The van der Waals surface area contributed by atoms with Crippen molar-refractivity contribution in [2.24, 2.45) is 4.99 Å². The Morgan fingerprint density at radius 3 is 2.32 bits per heavy atom. The number of nitrogens with one attached hydrogen (secondary N) is 2. The zero-order valence-corrected chi connectivity index (χ0v) is 18.6. The van der Waals surface area contributed by atoms with E-state index in [-0.39, 0.29) is 11.6 Å². The third kappa shape index (κ3) is 5.79. The number of thioether (sulfide) groups is 1. The van der Waals surface area contributed by atoms with Crippen molar-refractivity contribution < 1.29 is 31.1 Å². The third-order valence-electron chi connectivity index (χ3n) is 4.73. The van der Waals surface area contributed by atoms with Gasteiger partial charge in [0.05, 0.1) is 16.0 Å². The van der Waals surface area contributed by atoms with Gasteiger partial charge in [-0.25, -0.2) is 0 Å². The molecule has 1 heterocycles. The van der Waals surface area contributed by atoms with Gasteiger partial charge in [0.2, 0.25) is 0 Å². The molecule has 0 unspecified atom stereocenters. The van der Waals surface area contributed by atoms with E-state index in [9.17, 15) is 31.1 Å². The predicted molar refractivity (Wildman–Crippen MR) is 120 cm³/mol. The van der Waals surface area contributed by atoms with Gasteiger partial charge >= 0.3 is 12.4 Å². The van der Waals surface area contributed by atoms with Crippen LogP contribution in [0.15, 0.2) is 46.3 Å². The lowest BCUT2D eigenvalue weighted by molar-refractivity contribution is -0.143. The number of nitrogens with zero attached hydrogens (tertiary/aromatic N) is 2. The number of aliphatic imine (C=N–C) groups is 1. The second-order valence-electron chi connectivity index (χ2n) is 7.42. The number of benzene rings is 2. The molecule has 1 aliphatic heterocycles. The van der Waals surface area contributed by atoms with Crippen LogP contribution in [0.25, 0.3) is 6.08 Å². The van der Waals surface area contributed by atoms with E-state index in [1.54, 1.807) is 37.2 Å². The summed E-state index contributed by atoms with van der Waals surface area (Å²) in [6.45, 7) is -0.414. The summed E-state index contributed by atoms with van der Waals surface area (Å²) in [7, 11) is 3.49. The first-order valence-electron chi connectivity index (χ1n) is 9.65. The summed E-state index contributed by atoms with van der Waals surface area (Å²) in [4.78, 5) is 18.0. The van der Waals surface area contributed by atoms with Gasteiger partial charge in [-0.1, -0.05) is 12.1 Å². The van der Waals surface area contributed by atoms with Crippen LogP contribution < -0.4 is 5.32 Å². The van der Waals surface area contributed by atoms with Crippen molar-refractivity contribution in [2.75, 3.05) is 19.4 Å². The summed E-state index contributed by atoms with van der Waals surface area (Å²) >= 11 is 1.18. The van der Waals surface area contributed by atoms with Crippen molar-refractivity contribution in [3.05, 3.63) is 69.1 Å². The van der Waals surface area contributed by atoms with Crippen LogP contribution in [0.4, 0.5) is 32.0 Å². The first-order valence-corrected chi connectivity index (χ1v) is 10.5. The number of carbonyl (C=O) groups excluding carboxylic acids is 1. The van der Waals surface area contributed by atoms with Crippen molar-refractivity contribution in [1.82, 2.24) is 4.90 Å². The van der Waals surface area contributed by atoms with E-state index in [0.29, 0.717) is 33.0 Å². The molecule has 5 nitrogen and oxygen atoms in total. The lowest BCUT2D eigenvalue weighted by Gasteiger charge is -2.17. The lowest BCUT2D eigenvalue weighted by atomic mass is 10.0. The Bertz CT molecular complexity index is 1180. The van der Waals surface area contributed by atoms with E-state index < -0.39 is 35.9 Å². The highest BCUT2D eigenvalue weighted by atomic mass is 32.2. The van der Waals surface area contributed by atoms with Crippen molar-refractivity contribution >= 4 is 40.8 Å². The summed E-state index contributed by atoms with van der Waals surface area (Å²) in [5, 5.41) is 10.9. The molecule has 0 radical (unpaired) electrons. The highest BCUT2D eigenvalue weighted by Crippen LogP contribution is 2.37. The SMILES string of the molecule is CN(C)C1=NC(=O)/C(=C/c2ccc(NCc3ccc(C(F)(F)F)cc3C(F)(F)F)c(C=N)c2)S1. The zero-order chi connectivity index (χ0) is 25.3. The van der Waals surface area contributed by atoms with Gasteiger partial charge in [-0.2, -0.15) is 31.3 Å². The van der Waals surface area contributed by atoms with Crippen molar-refractivity contribution in [3.63, 3.8) is 0 Å². The van der Waals surface area contributed by atoms with E-state index in [1.165, 1.54) is 17.8 Å². The smallest absolute Gasteiger partial charge is 0.380 e. The summed E-state index contributed by atoms with van der Waals surface area (Å²) in [5.41, 5.74) is -1.95. The molecule has 0 saturated heterocycles. The van der Waals surface area contributed by atoms with Gasteiger partial charge in [0.25, 0.3) is 5.91 Å². The Hall–Kier alpha value is -3.28. The number of hydrogen-bond acceptors (Lipinski definition) is 5. The van der Waals surface area contributed by atoms with Crippen LogP contribution in [0.5, 0.6) is 0 Å². The Morgan fingerprint density at radius 2 is 1.76 bits per heavy atom. The normalized spacial score (nSPS) is 15.5. The van der Waals surface area contributed by atoms with E-state index in [1.807, 2.05) is 0 Å². The molecule has 3 rings (SSSR count). The number of amides is 1. The molecule has 0 aliphatic carbocycles. The number of rotatable bonds is 5. The second kappa shape index (κ2) is 9.53. The molecule has 0 saturated carbocycles. The average molecular weight is 500 g/mol. The highest BCUT2D eigenvalue weighted by molar-refractivity contribution is 8.18. The zero-order valence-electron chi connectivity index (χ0n) is 17.8. The second-order valence-corrected chi connectivity index (χ2v) is 8.43. The number of anilines is 1. The quantitative estimate of drug-likeness (QED) is 0.306. The van der Waals surface area contributed by atoms with Crippen LogP contribution >= 0.6 is 11.8 Å². The van der Waals surface area contributed by atoms with Gasteiger partial charge in [-0.3, -0.25) is 4.79 Å². The van der Waals surface area contributed by atoms with Gasteiger partial charge in [0.1, 0.15) is 0 Å². The molecule has 0 atom stereocenters. The molecule has 2 aromatic rings. The van der Waals surface area contributed by atoms with Crippen molar-refractivity contribution in [1.29, 1.82) is 5.41 Å². The van der Waals surface area contributed by atoms with Gasteiger partial charge in [0.15, 0.2) is 5.17 Å². The summed E-state index contributed by atoms with van der Waals surface area (Å²) < 4.78 is 78.7. The molecular weight excluding hydrogens is 482 g/mol. The fourth-order valence-corrected chi connectivity index (χ4v) is 3.89. The van der Waals surface area contributed by atoms with Crippen LogP contribution in [0.1, 0.15) is 27.8 Å². The topological polar surface area (TPSA) is 68.6 Å². The van der Waals surface area contributed by atoms with Gasteiger partial charge in [0, 0.05) is 38.1 Å². The molecule has 2 aromatic carbocycles. The number of hydrogen-bond donors (Lipinski definition) is 2. The number of alkyl halides is 6. The van der Waals surface area contributed by atoms with E-state index >= 15 is 0 Å².